The van der Waals surface area contributed by atoms with Crippen LogP contribution in [0.2, 0.25) is 0 Å². The Morgan fingerprint density at radius 2 is 0.639 bits per heavy atom. The number of nitrogens with zero attached hydrogens (tertiary/aromatic N) is 5. The van der Waals surface area contributed by atoms with Crippen LogP contribution in [0, 0.1) is 0 Å². The smallest absolute Gasteiger partial charge is 0.325 e. The van der Waals surface area contributed by atoms with Gasteiger partial charge in [0.25, 0.3) is 5.91 Å². The molecule has 2 amide bonds. The van der Waals surface area contributed by atoms with E-state index in [0.717, 1.165) is 38.5 Å². The van der Waals surface area contributed by atoms with Gasteiger partial charge < -0.3 is 44.7 Å². The first kappa shape index (κ1) is 66.7. The lowest BCUT2D eigenvalue weighted by molar-refractivity contribution is -0.308. The van der Waals surface area contributed by atoms with E-state index in [2.05, 4.69) is 19.2 Å². The van der Waals surface area contributed by atoms with Crippen molar-refractivity contribution in [2.45, 2.75) is 219 Å². The third-order valence-corrected chi connectivity index (χ3v) is 14.1. The number of aliphatic carboxylic acids is 3. The van der Waals surface area contributed by atoms with E-state index >= 15 is 0 Å². The predicted molar refractivity (Wildman–Crippen MR) is 280 cm³/mol. The lowest BCUT2D eigenvalue weighted by atomic mass is 10.0. The quantitative estimate of drug-likeness (QED) is 0.0593. The van der Waals surface area contributed by atoms with E-state index in [1.54, 1.807) is 19.6 Å². The van der Waals surface area contributed by atoms with Gasteiger partial charge in [0, 0.05) is 85.1 Å². The monoisotopic (exact) mass is 1020 g/mol. The van der Waals surface area contributed by atoms with Gasteiger partial charge in [0.1, 0.15) is 6.54 Å². The van der Waals surface area contributed by atoms with Gasteiger partial charge in [-0.1, -0.05) is 206 Å². The SMILES string of the molecule is CCCCCCCCCCCCCCCCCCN(CCCCCCCCCCCCCCCCCC)C(=O)COC(=O)CNC(=O)CN1CCN(CC(=O)[O-])CCN(CC(=O)[O-])CCN(CC(=O)[O-])CC1. The number of amides is 2. The van der Waals surface area contributed by atoms with Crippen molar-refractivity contribution in [2.24, 2.45) is 0 Å². The third-order valence-electron chi connectivity index (χ3n) is 14.1. The average Bonchev–Trinajstić information content (AvgIpc) is 3.34. The van der Waals surface area contributed by atoms with Gasteiger partial charge in [-0.25, -0.2) is 0 Å². The highest BCUT2D eigenvalue weighted by atomic mass is 16.5. The van der Waals surface area contributed by atoms with Gasteiger partial charge in [-0.05, 0) is 12.8 Å². The molecule has 0 aromatic rings. The van der Waals surface area contributed by atoms with Crippen molar-refractivity contribution in [3.05, 3.63) is 0 Å². The minimum Gasteiger partial charge on any atom is -0.549 e. The number of rotatable bonds is 46. The van der Waals surface area contributed by atoms with Gasteiger partial charge in [-0.3, -0.25) is 34.0 Å². The zero-order valence-corrected chi connectivity index (χ0v) is 45.8. The highest BCUT2D eigenvalue weighted by Crippen LogP contribution is 2.16. The molecule has 1 heterocycles. The molecule has 0 saturated carbocycles. The molecule has 16 nitrogen and oxygen atoms in total. The number of carboxylic acid groups (broad SMARTS) is 3. The third kappa shape index (κ3) is 42.1. The topological polar surface area (TPSA) is 209 Å². The Morgan fingerprint density at radius 3 is 0.903 bits per heavy atom. The molecule has 72 heavy (non-hydrogen) atoms. The van der Waals surface area contributed by atoms with Crippen LogP contribution in [-0.4, -0.2) is 165 Å². The number of hydrogen-bond acceptors (Lipinski definition) is 14. The van der Waals surface area contributed by atoms with Gasteiger partial charge in [0.05, 0.1) is 24.5 Å². The summed E-state index contributed by atoms with van der Waals surface area (Å²) in [6.45, 7) is 5.09. The number of hydrogen-bond donors (Lipinski definition) is 1. The molecule has 0 aliphatic carbocycles. The first-order chi connectivity index (χ1) is 34.9. The molecule has 1 N–H and O–H groups in total. The lowest BCUT2D eigenvalue weighted by Gasteiger charge is -2.34. The standard InChI is InChI=1S/C56H106N6O10/c1-3-5-7-9-11-13-15-17-19-21-23-25-27-29-31-33-35-62(36-34-32-30-28-26-24-22-20-18-16-14-12-10-8-6-4-2)52(64)50-72-56(71)45-57-51(63)46-58-37-39-59(47-53(65)66)41-43-61(49-55(69)70)44-42-60(40-38-58)48-54(67)68/h3-50H2,1-2H3,(H,57,63)(H,65,66)(H,67,68)(H,69,70)/p-3. The molecule has 0 atom stereocenters. The van der Waals surface area contributed by atoms with E-state index in [-0.39, 0.29) is 64.8 Å². The zero-order valence-electron chi connectivity index (χ0n) is 45.8. The van der Waals surface area contributed by atoms with Crippen molar-refractivity contribution < 1.29 is 48.8 Å². The molecule has 16 heteroatoms. The van der Waals surface area contributed by atoms with Gasteiger partial charge in [0.2, 0.25) is 5.91 Å². The molecule has 1 aliphatic heterocycles. The lowest BCUT2D eigenvalue weighted by Crippen LogP contribution is -2.52. The fourth-order valence-corrected chi connectivity index (χ4v) is 9.54. The molecule has 420 valence electrons. The fourth-order valence-electron chi connectivity index (χ4n) is 9.54. The summed E-state index contributed by atoms with van der Waals surface area (Å²) in [4.78, 5) is 82.1. The van der Waals surface area contributed by atoms with Crippen molar-refractivity contribution in [3.8, 4) is 0 Å². The zero-order chi connectivity index (χ0) is 52.7. The number of esters is 1. The van der Waals surface area contributed by atoms with Gasteiger partial charge in [-0.2, -0.15) is 0 Å². The molecule has 0 radical (unpaired) electrons. The van der Waals surface area contributed by atoms with Crippen LogP contribution in [0.25, 0.3) is 0 Å². The van der Waals surface area contributed by atoms with Crippen molar-refractivity contribution >= 4 is 35.7 Å². The van der Waals surface area contributed by atoms with Crippen molar-refractivity contribution in [2.75, 3.05) is 105 Å². The van der Waals surface area contributed by atoms with E-state index < -0.39 is 62.6 Å². The van der Waals surface area contributed by atoms with Crippen LogP contribution < -0.4 is 20.6 Å². The van der Waals surface area contributed by atoms with E-state index in [1.165, 1.54) is 167 Å². The molecule has 0 bridgehead atoms. The van der Waals surface area contributed by atoms with E-state index in [4.69, 9.17) is 4.74 Å². The maximum Gasteiger partial charge on any atom is 0.325 e. The molecule has 1 saturated heterocycles. The molecule has 0 aromatic carbocycles. The maximum absolute atomic E-state index is 13.5. The maximum atomic E-state index is 13.5. The molecule has 1 fully saturated rings. The van der Waals surface area contributed by atoms with Crippen LogP contribution in [0.1, 0.15) is 219 Å². The Hall–Kier alpha value is -3.34. The highest BCUT2D eigenvalue weighted by Gasteiger charge is 2.20. The molecule has 0 unspecified atom stereocenters. The van der Waals surface area contributed by atoms with Gasteiger partial charge in [-0.15, -0.1) is 0 Å². The molecule has 1 rings (SSSR count). The number of ether oxygens (including phenoxy) is 1. The van der Waals surface area contributed by atoms with Crippen LogP contribution in [0.4, 0.5) is 0 Å². The van der Waals surface area contributed by atoms with Crippen LogP contribution in [-0.2, 0) is 33.5 Å². The van der Waals surface area contributed by atoms with E-state index in [0.29, 0.717) is 13.1 Å². The summed E-state index contributed by atoms with van der Waals surface area (Å²) in [5.41, 5.74) is 0. The van der Waals surface area contributed by atoms with Crippen LogP contribution >= 0.6 is 0 Å². The first-order valence-electron chi connectivity index (χ1n) is 29.1. The van der Waals surface area contributed by atoms with Gasteiger partial charge in [0.15, 0.2) is 6.61 Å². The second kappa shape index (κ2) is 47.4. The molecular weight excluding hydrogens is 917 g/mol. The Labute approximate surface area is 437 Å². The summed E-state index contributed by atoms with van der Waals surface area (Å²) >= 11 is 0. The van der Waals surface area contributed by atoms with E-state index in [9.17, 15) is 44.1 Å². The molecule has 0 spiro atoms. The number of carbonyl (C=O) groups is 6. The largest absolute Gasteiger partial charge is 0.549 e. The Kier molecular flexibility index (Phi) is 43.9. The van der Waals surface area contributed by atoms with E-state index in [1.807, 2.05) is 4.90 Å². The summed E-state index contributed by atoms with van der Waals surface area (Å²) in [7, 11) is 0. The van der Waals surface area contributed by atoms with Crippen molar-refractivity contribution in [1.29, 1.82) is 0 Å². The normalized spacial score (nSPS) is 14.6. The minimum atomic E-state index is -1.31. The summed E-state index contributed by atoms with van der Waals surface area (Å²) < 4.78 is 5.38. The molecule has 0 aromatic heterocycles. The fraction of sp³-hybridized carbons (Fsp3) is 0.893. The van der Waals surface area contributed by atoms with Crippen LogP contribution in [0.15, 0.2) is 0 Å². The highest BCUT2D eigenvalue weighted by molar-refractivity contribution is 5.85. The average molecular weight is 1020 g/mol. The second-order valence-corrected chi connectivity index (χ2v) is 20.6. The predicted octanol–water partition coefficient (Wildman–Crippen LogP) is 5.47. The van der Waals surface area contributed by atoms with Crippen molar-refractivity contribution in [3.63, 3.8) is 0 Å². The van der Waals surface area contributed by atoms with Gasteiger partial charge >= 0.3 is 5.97 Å². The first-order valence-corrected chi connectivity index (χ1v) is 29.1. The molecule has 1 aliphatic rings. The van der Waals surface area contributed by atoms with Crippen LogP contribution in [0.3, 0.4) is 0 Å². The minimum absolute atomic E-state index is 0.173. The number of carboxylic acids is 3. The Morgan fingerprint density at radius 1 is 0.389 bits per heavy atom. The number of nitrogens with one attached hydrogen (secondary N) is 1. The van der Waals surface area contributed by atoms with Crippen LogP contribution in [0.5, 0.6) is 0 Å². The summed E-state index contributed by atoms with van der Waals surface area (Å²) in [6.07, 6.45) is 40.8. The Balaban J connectivity index is 2.61. The summed E-state index contributed by atoms with van der Waals surface area (Å²) in [6, 6.07) is 0. The summed E-state index contributed by atoms with van der Waals surface area (Å²) in [5.74, 6) is -5.40. The summed E-state index contributed by atoms with van der Waals surface area (Å²) in [5, 5.41) is 37.0. The Bertz CT molecular complexity index is 1320. The number of unbranched alkanes of at least 4 members (excludes halogenated alkanes) is 30. The number of carbonyl (C=O) groups excluding carboxylic acids is 6. The van der Waals surface area contributed by atoms with Crippen molar-refractivity contribution in [1.82, 2.24) is 29.8 Å². The second-order valence-electron chi connectivity index (χ2n) is 20.6. The molecular formula is C56H103N6O10-3.